The van der Waals surface area contributed by atoms with E-state index in [1.165, 1.54) is 5.56 Å². The van der Waals surface area contributed by atoms with Crippen LogP contribution in [0.2, 0.25) is 0 Å². The maximum Gasteiger partial charge on any atom is 0.315 e. The Bertz CT molecular complexity index is 563. The van der Waals surface area contributed by atoms with Crippen LogP contribution in [-0.4, -0.2) is 29.6 Å². The molecular formula is C17H21N3OS. The quantitative estimate of drug-likeness (QED) is 0.826. The smallest absolute Gasteiger partial charge is 0.315 e. The van der Waals surface area contributed by atoms with Gasteiger partial charge in [-0.25, -0.2) is 4.79 Å². The van der Waals surface area contributed by atoms with Gasteiger partial charge in [0.2, 0.25) is 0 Å². The maximum absolute atomic E-state index is 12.0. The number of aromatic nitrogens is 1. The lowest BCUT2D eigenvalue weighted by molar-refractivity contribution is 0.238. The molecule has 0 aliphatic carbocycles. The Balaban J connectivity index is 1.81. The summed E-state index contributed by atoms with van der Waals surface area (Å²) in [4.78, 5) is 16.0. The highest BCUT2D eigenvalue weighted by Crippen LogP contribution is 2.16. The van der Waals surface area contributed by atoms with E-state index in [1.807, 2.05) is 48.7 Å². The van der Waals surface area contributed by atoms with E-state index < -0.39 is 0 Å². The monoisotopic (exact) mass is 315 g/mol. The number of nitrogens with zero attached hydrogens (tertiary/aromatic N) is 1. The van der Waals surface area contributed by atoms with Crippen LogP contribution in [0.4, 0.5) is 4.79 Å². The van der Waals surface area contributed by atoms with Gasteiger partial charge in [-0.15, -0.1) is 0 Å². The predicted octanol–water partition coefficient (Wildman–Crippen LogP) is 3.03. The molecule has 5 heteroatoms. The molecule has 22 heavy (non-hydrogen) atoms. The number of nitrogens with one attached hydrogen (secondary N) is 2. The van der Waals surface area contributed by atoms with Crippen molar-refractivity contribution in [3.63, 3.8) is 0 Å². The lowest BCUT2D eigenvalue weighted by Gasteiger charge is -2.18. The molecule has 0 saturated heterocycles. The van der Waals surface area contributed by atoms with Crippen molar-refractivity contribution < 1.29 is 4.79 Å². The first-order valence-corrected chi connectivity index (χ1v) is 8.66. The second kappa shape index (κ2) is 9.10. The summed E-state index contributed by atoms with van der Waals surface area (Å²) in [6.07, 6.45) is 6.37. The van der Waals surface area contributed by atoms with Crippen LogP contribution in [0.1, 0.15) is 17.2 Å². The molecule has 1 heterocycles. The van der Waals surface area contributed by atoms with Crippen molar-refractivity contribution >= 4 is 17.8 Å². The molecule has 0 unspecified atom stereocenters. The van der Waals surface area contributed by atoms with Gasteiger partial charge in [-0.2, -0.15) is 11.8 Å². The topological polar surface area (TPSA) is 54.0 Å². The maximum atomic E-state index is 12.0. The van der Waals surface area contributed by atoms with Crippen LogP contribution in [0, 0.1) is 0 Å². The Morgan fingerprint density at radius 3 is 2.59 bits per heavy atom. The summed E-state index contributed by atoms with van der Waals surface area (Å²) in [5.74, 6) is 0.849. The number of benzene rings is 1. The van der Waals surface area contributed by atoms with Gasteiger partial charge in [-0.3, -0.25) is 4.98 Å². The van der Waals surface area contributed by atoms with Crippen molar-refractivity contribution in [3.8, 4) is 0 Å². The lowest BCUT2D eigenvalue weighted by atomic mass is 10.1. The third-order valence-electron chi connectivity index (χ3n) is 3.29. The molecule has 0 fully saturated rings. The van der Waals surface area contributed by atoms with Gasteiger partial charge in [0.15, 0.2) is 0 Å². The summed E-state index contributed by atoms with van der Waals surface area (Å²) in [5.41, 5.74) is 2.29. The SMILES string of the molecule is CSC[C@@H](NC(=O)NCCc1ccncc1)c1ccccc1. The number of pyridine rings is 1. The van der Waals surface area contributed by atoms with Gasteiger partial charge < -0.3 is 10.6 Å². The molecule has 116 valence electrons. The summed E-state index contributed by atoms with van der Waals surface area (Å²) in [6, 6.07) is 13.9. The van der Waals surface area contributed by atoms with Crippen LogP contribution < -0.4 is 10.6 Å². The Labute approximate surface area is 135 Å². The van der Waals surface area contributed by atoms with Gasteiger partial charge in [-0.05, 0) is 35.9 Å². The molecule has 0 bridgehead atoms. The fraction of sp³-hybridized carbons (Fsp3) is 0.294. The third-order valence-corrected chi connectivity index (χ3v) is 3.96. The van der Waals surface area contributed by atoms with E-state index in [0.717, 1.165) is 17.7 Å². The standard InChI is InChI=1S/C17H21N3OS/c1-22-13-16(15-5-3-2-4-6-15)20-17(21)19-12-9-14-7-10-18-11-8-14/h2-8,10-11,16H,9,12-13H2,1H3,(H2,19,20,21)/t16-/m1/s1. The van der Waals surface area contributed by atoms with Gasteiger partial charge >= 0.3 is 6.03 Å². The Hall–Kier alpha value is -2.01. The minimum Gasteiger partial charge on any atom is -0.338 e. The molecular weight excluding hydrogens is 294 g/mol. The van der Waals surface area contributed by atoms with E-state index in [1.54, 1.807) is 24.2 Å². The molecule has 0 radical (unpaired) electrons. The second-order valence-electron chi connectivity index (χ2n) is 4.92. The summed E-state index contributed by atoms with van der Waals surface area (Å²) >= 11 is 1.72. The van der Waals surface area contributed by atoms with Gasteiger partial charge in [0, 0.05) is 24.7 Å². The first kappa shape index (κ1) is 16.4. The molecule has 1 atom stereocenters. The molecule has 0 aliphatic heterocycles. The molecule has 2 aromatic rings. The highest BCUT2D eigenvalue weighted by Gasteiger charge is 2.13. The van der Waals surface area contributed by atoms with Crippen LogP contribution >= 0.6 is 11.8 Å². The molecule has 2 rings (SSSR count). The van der Waals surface area contributed by atoms with Crippen LogP contribution in [0.25, 0.3) is 0 Å². The second-order valence-corrected chi connectivity index (χ2v) is 5.83. The van der Waals surface area contributed by atoms with Gasteiger partial charge in [0.1, 0.15) is 0 Å². The van der Waals surface area contributed by atoms with Crippen LogP contribution in [0.15, 0.2) is 54.9 Å². The molecule has 0 spiro atoms. The molecule has 2 amide bonds. The number of hydrogen-bond donors (Lipinski definition) is 2. The van der Waals surface area contributed by atoms with Crippen LogP contribution in [-0.2, 0) is 6.42 Å². The Morgan fingerprint density at radius 1 is 1.18 bits per heavy atom. The van der Waals surface area contributed by atoms with E-state index >= 15 is 0 Å². The molecule has 4 nitrogen and oxygen atoms in total. The average molecular weight is 315 g/mol. The molecule has 0 saturated carbocycles. The van der Waals surface area contributed by atoms with Crippen molar-refractivity contribution in [2.45, 2.75) is 12.5 Å². The molecule has 2 N–H and O–H groups in total. The van der Waals surface area contributed by atoms with Crippen molar-refractivity contribution in [3.05, 3.63) is 66.0 Å². The molecule has 0 aliphatic rings. The number of carbonyl (C=O) groups is 1. The Morgan fingerprint density at radius 2 is 1.91 bits per heavy atom. The number of hydrogen-bond acceptors (Lipinski definition) is 3. The Kier molecular flexibility index (Phi) is 6.77. The first-order valence-electron chi connectivity index (χ1n) is 7.26. The zero-order valence-electron chi connectivity index (χ0n) is 12.7. The van der Waals surface area contributed by atoms with E-state index in [9.17, 15) is 4.79 Å². The van der Waals surface area contributed by atoms with Gasteiger partial charge in [0.05, 0.1) is 6.04 Å². The zero-order valence-corrected chi connectivity index (χ0v) is 13.5. The molecule has 1 aromatic carbocycles. The molecule has 1 aromatic heterocycles. The zero-order chi connectivity index (χ0) is 15.6. The van der Waals surface area contributed by atoms with Crippen LogP contribution in [0.3, 0.4) is 0 Å². The van der Waals surface area contributed by atoms with Crippen LogP contribution in [0.5, 0.6) is 0 Å². The van der Waals surface area contributed by atoms with E-state index in [2.05, 4.69) is 15.6 Å². The van der Waals surface area contributed by atoms with Crippen molar-refractivity contribution in [2.75, 3.05) is 18.6 Å². The number of rotatable bonds is 7. The van der Waals surface area contributed by atoms with Gasteiger partial charge in [-0.1, -0.05) is 30.3 Å². The largest absolute Gasteiger partial charge is 0.338 e. The summed E-state index contributed by atoms with van der Waals surface area (Å²) in [5, 5.41) is 5.95. The van der Waals surface area contributed by atoms with E-state index in [0.29, 0.717) is 6.54 Å². The predicted molar refractivity (Wildman–Crippen MR) is 92.0 cm³/mol. The summed E-state index contributed by atoms with van der Waals surface area (Å²) in [6.45, 7) is 0.608. The van der Waals surface area contributed by atoms with Gasteiger partial charge in [0.25, 0.3) is 0 Å². The highest BCUT2D eigenvalue weighted by atomic mass is 32.2. The summed E-state index contributed by atoms with van der Waals surface area (Å²) < 4.78 is 0. The third kappa shape index (κ3) is 5.41. The highest BCUT2D eigenvalue weighted by molar-refractivity contribution is 7.98. The van der Waals surface area contributed by atoms with E-state index in [4.69, 9.17) is 0 Å². The first-order chi connectivity index (χ1) is 10.8. The average Bonchev–Trinajstić information content (AvgIpc) is 2.56. The minimum atomic E-state index is -0.128. The fourth-order valence-electron chi connectivity index (χ4n) is 2.15. The fourth-order valence-corrected chi connectivity index (χ4v) is 2.76. The van der Waals surface area contributed by atoms with E-state index in [-0.39, 0.29) is 12.1 Å². The number of amides is 2. The lowest BCUT2D eigenvalue weighted by Crippen LogP contribution is -2.39. The van der Waals surface area contributed by atoms with Crippen molar-refractivity contribution in [1.29, 1.82) is 0 Å². The number of thioether (sulfide) groups is 1. The summed E-state index contributed by atoms with van der Waals surface area (Å²) in [7, 11) is 0. The number of urea groups is 1. The normalized spacial score (nSPS) is 11.7. The van der Waals surface area contributed by atoms with Crippen molar-refractivity contribution in [2.24, 2.45) is 0 Å². The minimum absolute atomic E-state index is 0.0251. The number of carbonyl (C=O) groups excluding carboxylic acids is 1. The van der Waals surface area contributed by atoms with Crippen molar-refractivity contribution in [1.82, 2.24) is 15.6 Å².